The molecule has 1 aliphatic carbocycles. The summed E-state index contributed by atoms with van der Waals surface area (Å²) in [5.74, 6) is 0.287. The lowest BCUT2D eigenvalue weighted by molar-refractivity contribution is 0.297. The van der Waals surface area contributed by atoms with Crippen molar-refractivity contribution in [3.63, 3.8) is 0 Å². The molecule has 0 aromatic carbocycles. The molecular formula is C8H15FO2S. The van der Waals surface area contributed by atoms with E-state index in [9.17, 15) is 12.3 Å². The number of halogens is 1. The van der Waals surface area contributed by atoms with Gasteiger partial charge < -0.3 is 0 Å². The largest absolute Gasteiger partial charge is 0.302 e. The maximum Gasteiger partial charge on any atom is 0.302 e. The SMILES string of the molecule is CC(C)(CCS(=O)(=O)F)C1CC1. The van der Waals surface area contributed by atoms with Crippen LogP contribution in [0.3, 0.4) is 0 Å². The predicted octanol–water partition coefficient (Wildman–Crippen LogP) is 2.11. The van der Waals surface area contributed by atoms with Crippen molar-refractivity contribution in [3.05, 3.63) is 0 Å². The molecule has 0 amide bonds. The summed E-state index contributed by atoms with van der Waals surface area (Å²) in [7, 11) is -4.26. The quantitative estimate of drug-likeness (QED) is 0.642. The van der Waals surface area contributed by atoms with Crippen LogP contribution in [0.2, 0.25) is 0 Å². The van der Waals surface area contributed by atoms with E-state index in [0.717, 1.165) is 0 Å². The van der Waals surface area contributed by atoms with Crippen LogP contribution in [-0.4, -0.2) is 14.2 Å². The van der Waals surface area contributed by atoms with Gasteiger partial charge in [-0.3, -0.25) is 0 Å². The van der Waals surface area contributed by atoms with Gasteiger partial charge in [0.05, 0.1) is 5.75 Å². The fraction of sp³-hybridized carbons (Fsp3) is 1.00. The lowest BCUT2D eigenvalue weighted by atomic mass is 9.85. The Morgan fingerprint density at radius 2 is 1.92 bits per heavy atom. The van der Waals surface area contributed by atoms with E-state index in [0.29, 0.717) is 12.3 Å². The highest BCUT2D eigenvalue weighted by molar-refractivity contribution is 7.86. The Balaban J connectivity index is 2.40. The van der Waals surface area contributed by atoms with Crippen LogP contribution in [0, 0.1) is 11.3 Å². The molecule has 0 bridgehead atoms. The third-order valence-corrected chi connectivity index (χ3v) is 3.36. The first-order valence-electron chi connectivity index (χ1n) is 4.24. The molecule has 2 nitrogen and oxygen atoms in total. The monoisotopic (exact) mass is 194 g/mol. The van der Waals surface area contributed by atoms with Crippen molar-refractivity contribution in [1.29, 1.82) is 0 Å². The van der Waals surface area contributed by atoms with Crippen LogP contribution in [0.15, 0.2) is 0 Å². The van der Waals surface area contributed by atoms with Crippen LogP contribution in [0.4, 0.5) is 3.89 Å². The predicted molar refractivity (Wildman–Crippen MR) is 46.0 cm³/mol. The van der Waals surface area contributed by atoms with E-state index >= 15 is 0 Å². The van der Waals surface area contributed by atoms with E-state index in [2.05, 4.69) is 0 Å². The van der Waals surface area contributed by atoms with Crippen LogP contribution >= 0.6 is 0 Å². The maximum absolute atomic E-state index is 12.2. The minimum Gasteiger partial charge on any atom is -0.195 e. The van der Waals surface area contributed by atoms with Crippen LogP contribution < -0.4 is 0 Å². The van der Waals surface area contributed by atoms with E-state index in [4.69, 9.17) is 0 Å². The molecule has 0 saturated heterocycles. The lowest BCUT2D eigenvalue weighted by Crippen LogP contribution is -2.18. The van der Waals surface area contributed by atoms with Gasteiger partial charge in [0, 0.05) is 0 Å². The maximum atomic E-state index is 12.2. The molecule has 0 N–H and O–H groups in total. The van der Waals surface area contributed by atoms with Crippen molar-refractivity contribution < 1.29 is 12.3 Å². The third-order valence-electron chi connectivity index (χ3n) is 2.67. The summed E-state index contributed by atoms with van der Waals surface area (Å²) in [5, 5.41) is 0. The molecule has 0 radical (unpaired) electrons. The molecular weight excluding hydrogens is 179 g/mol. The standard InChI is InChI=1S/C8H15FO2S/c1-8(2,7-3-4-7)5-6-12(9,10)11/h7H,3-6H2,1-2H3. The van der Waals surface area contributed by atoms with E-state index < -0.39 is 10.2 Å². The van der Waals surface area contributed by atoms with E-state index in [1.807, 2.05) is 13.8 Å². The number of rotatable bonds is 4. The number of hydrogen-bond donors (Lipinski definition) is 0. The van der Waals surface area contributed by atoms with Gasteiger partial charge in [-0.05, 0) is 30.6 Å². The molecule has 0 heterocycles. The van der Waals surface area contributed by atoms with E-state index in [1.54, 1.807) is 0 Å². The summed E-state index contributed by atoms with van der Waals surface area (Å²) in [4.78, 5) is 0. The van der Waals surface area contributed by atoms with Gasteiger partial charge in [0.1, 0.15) is 0 Å². The molecule has 0 spiro atoms. The minimum atomic E-state index is -4.26. The first-order valence-corrected chi connectivity index (χ1v) is 5.79. The van der Waals surface area contributed by atoms with Gasteiger partial charge in [0.15, 0.2) is 0 Å². The summed E-state index contributed by atoms with van der Waals surface area (Å²) in [6.45, 7) is 4.02. The van der Waals surface area contributed by atoms with Crippen LogP contribution in [0.1, 0.15) is 33.1 Å². The Morgan fingerprint density at radius 1 is 1.42 bits per heavy atom. The van der Waals surface area contributed by atoms with Gasteiger partial charge in [-0.15, -0.1) is 3.89 Å². The second kappa shape index (κ2) is 2.98. The highest BCUT2D eigenvalue weighted by Gasteiger charge is 2.38. The van der Waals surface area contributed by atoms with Gasteiger partial charge in [0.25, 0.3) is 0 Å². The highest BCUT2D eigenvalue weighted by Crippen LogP contribution is 2.47. The van der Waals surface area contributed by atoms with Crippen molar-refractivity contribution in [2.24, 2.45) is 11.3 Å². The summed E-state index contributed by atoms with van der Waals surface area (Å²) in [6, 6.07) is 0. The zero-order chi connectivity index (χ0) is 9.41. The van der Waals surface area contributed by atoms with Crippen molar-refractivity contribution in [3.8, 4) is 0 Å². The summed E-state index contributed by atoms with van der Waals surface area (Å²) in [6.07, 6.45) is 2.77. The van der Waals surface area contributed by atoms with Gasteiger partial charge in [-0.1, -0.05) is 13.8 Å². The van der Waals surface area contributed by atoms with Crippen LogP contribution in [0.5, 0.6) is 0 Å². The van der Waals surface area contributed by atoms with Gasteiger partial charge in [-0.2, -0.15) is 8.42 Å². The molecule has 0 aliphatic heterocycles. The molecule has 12 heavy (non-hydrogen) atoms. The Kier molecular flexibility index (Phi) is 2.47. The Labute approximate surface area is 73.4 Å². The highest BCUT2D eigenvalue weighted by atomic mass is 32.3. The van der Waals surface area contributed by atoms with Crippen LogP contribution in [0.25, 0.3) is 0 Å². The molecule has 1 aliphatic rings. The molecule has 0 aromatic rings. The van der Waals surface area contributed by atoms with Crippen molar-refractivity contribution in [2.45, 2.75) is 33.1 Å². The Morgan fingerprint density at radius 3 is 2.25 bits per heavy atom. The zero-order valence-electron chi connectivity index (χ0n) is 7.51. The summed E-state index contributed by atoms with van der Waals surface area (Å²) in [5.41, 5.74) is -0.000833. The molecule has 1 saturated carbocycles. The molecule has 1 rings (SSSR count). The first-order chi connectivity index (χ1) is 5.31. The average Bonchev–Trinajstić information content (AvgIpc) is 2.62. The minimum absolute atomic E-state index is 0.000833. The Bertz CT molecular complexity index is 252. The van der Waals surface area contributed by atoms with Crippen LogP contribution in [-0.2, 0) is 10.2 Å². The van der Waals surface area contributed by atoms with Crippen molar-refractivity contribution >= 4 is 10.2 Å². The van der Waals surface area contributed by atoms with E-state index in [1.165, 1.54) is 12.8 Å². The number of hydrogen-bond acceptors (Lipinski definition) is 2. The lowest BCUT2D eigenvalue weighted by Gasteiger charge is -2.22. The van der Waals surface area contributed by atoms with Crippen molar-refractivity contribution in [1.82, 2.24) is 0 Å². The first kappa shape index (κ1) is 9.96. The van der Waals surface area contributed by atoms with Gasteiger partial charge in [-0.25, -0.2) is 0 Å². The molecule has 0 unspecified atom stereocenters. The third kappa shape index (κ3) is 3.09. The second-order valence-electron chi connectivity index (χ2n) is 4.26. The molecule has 0 aromatic heterocycles. The fourth-order valence-electron chi connectivity index (χ4n) is 1.45. The summed E-state index contributed by atoms with van der Waals surface area (Å²) < 4.78 is 32.7. The smallest absolute Gasteiger partial charge is 0.195 e. The molecule has 1 fully saturated rings. The fourth-order valence-corrected chi connectivity index (χ4v) is 2.22. The van der Waals surface area contributed by atoms with Gasteiger partial charge >= 0.3 is 10.2 Å². The van der Waals surface area contributed by atoms with Crippen molar-refractivity contribution in [2.75, 3.05) is 5.75 Å². The normalized spacial score (nSPS) is 19.6. The average molecular weight is 194 g/mol. The molecule has 4 heteroatoms. The van der Waals surface area contributed by atoms with E-state index in [-0.39, 0.29) is 11.2 Å². The topological polar surface area (TPSA) is 34.1 Å². The second-order valence-corrected chi connectivity index (χ2v) is 5.74. The Hall–Kier alpha value is -0.120. The molecule has 0 atom stereocenters. The summed E-state index contributed by atoms with van der Waals surface area (Å²) >= 11 is 0. The molecule has 72 valence electrons. The zero-order valence-corrected chi connectivity index (χ0v) is 8.32. The van der Waals surface area contributed by atoms with Gasteiger partial charge in [0.2, 0.25) is 0 Å².